The molecule has 5 rings (SSSR count). The van der Waals surface area contributed by atoms with Crippen LogP contribution >= 0.6 is 46.0 Å². The highest BCUT2D eigenvalue weighted by Crippen LogP contribution is 2.41. The summed E-state index contributed by atoms with van der Waals surface area (Å²) in [6.45, 7) is 0.478. The molecule has 0 atom stereocenters. The Balaban J connectivity index is 1.49. The molecule has 3 nitrogen and oxygen atoms in total. The van der Waals surface area contributed by atoms with Crippen molar-refractivity contribution < 1.29 is 4.79 Å². The lowest BCUT2D eigenvalue weighted by Crippen LogP contribution is -2.22. The third-order valence-electron chi connectivity index (χ3n) is 5.28. The second-order valence-corrected chi connectivity index (χ2v) is 10.3. The summed E-state index contributed by atoms with van der Waals surface area (Å²) in [5, 5.41) is 3.70. The van der Waals surface area contributed by atoms with Crippen LogP contribution in [0.2, 0.25) is 5.02 Å². The van der Waals surface area contributed by atoms with Gasteiger partial charge in [-0.15, -0.1) is 0 Å². The van der Waals surface area contributed by atoms with Gasteiger partial charge in [0.15, 0.2) is 0 Å². The molecule has 1 aliphatic heterocycles. The van der Waals surface area contributed by atoms with E-state index in [2.05, 4.69) is 46.1 Å². The van der Waals surface area contributed by atoms with E-state index in [0.717, 1.165) is 41.5 Å². The lowest BCUT2D eigenvalue weighted by atomic mass is 10.0. The Labute approximate surface area is 215 Å². The van der Waals surface area contributed by atoms with Crippen molar-refractivity contribution in [3.8, 4) is 0 Å². The summed E-state index contributed by atoms with van der Waals surface area (Å²) in [6.07, 6.45) is 0. The minimum atomic E-state index is -0.119. The summed E-state index contributed by atoms with van der Waals surface area (Å²) in [4.78, 5) is 20.1. The molecule has 0 aromatic heterocycles. The van der Waals surface area contributed by atoms with Gasteiger partial charge in [-0.2, -0.15) is 0 Å². The number of hydrogen-bond acceptors (Lipinski definition) is 3. The fourth-order valence-corrected chi connectivity index (χ4v) is 5.38. The van der Waals surface area contributed by atoms with E-state index >= 15 is 0 Å². The molecular weight excluding hydrogens is 563 g/mol. The largest absolute Gasteiger partial charge is 0.348 e. The average molecular weight is 581 g/mol. The van der Waals surface area contributed by atoms with E-state index in [0.29, 0.717) is 17.1 Å². The van der Waals surface area contributed by atoms with E-state index in [9.17, 15) is 4.79 Å². The lowest BCUT2D eigenvalue weighted by molar-refractivity contribution is 0.0951. The molecule has 33 heavy (non-hydrogen) atoms. The maximum Gasteiger partial charge on any atom is 0.251 e. The highest BCUT2D eigenvalue weighted by molar-refractivity contribution is 14.1. The van der Waals surface area contributed by atoms with Gasteiger partial charge >= 0.3 is 0 Å². The van der Waals surface area contributed by atoms with Crippen molar-refractivity contribution in [1.29, 1.82) is 0 Å². The molecule has 1 heterocycles. The number of nitrogens with one attached hydrogen (secondary N) is 1. The van der Waals surface area contributed by atoms with Gasteiger partial charge in [0.25, 0.3) is 5.91 Å². The van der Waals surface area contributed by atoms with Gasteiger partial charge < -0.3 is 5.32 Å². The summed E-state index contributed by atoms with van der Waals surface area (Å²) in [6, 6.07) is 29.7. The minimum absolute atomic E-state index is 0.119. The number of nitrogens with zero attached hydrogens (tertiary/aromatic N) is 1. The van der Waals surface area contributed by atoms with Crippen LogP contribution in [0.15, 0.2) is 106 Å². The zero-order chi connectivity index (χ0) is 22.8. The van der Waals surface area contributed by atoms with Crippen LogP contribution in [0.1, 0.15) is 27.0 Å². The number of carbonyl (C=O) groups is 1. The first-order valence-corrected chi connectivity index (χ1v) is 12.6. The van der Waals surface area contributed by atoms with Crippen molar-refractivity contribution >= 4 is 63.3 Å². The molecule has 1 aliphatic rings. The van der Waals surface area contributed by atoms with Crippen molar-refractivity contribution in [3.05, 3.63) is 122 Å². The highest BCUT2D eigenvalue weighted by Gasteiger charge is 2.20. The molecule has 0 fully saturated rings. The van der Waals surface area contributed by atoms with Gasteiger partial charge in [-0.3, -0.25) is 4.79 Å². The topological polar surface area (TPSA) is 41.5 Å². The number of halogens is 2. The summed E-state index contributed by atoms with van der Waals surface area (Å²) >= 11 is 10.1. The number of fused-ring (bicyclic) bond motifs is 2. The van der Waals surface area contributed by atoms with E-state index in [1.54, 1.807) is 11.8 Å². The third kappa shape index (κ3) is 5.00. The minimum Gasteiger partial charge on any atom is -0.348 e. The number of carbonyl (C=O) groups excluding carboxylic acids is 1. The van der Waals surface area contributed by atoms with Gasteiger partial charge in [-0.25, -0.2) is 4.99 Å². The number of amides is 1. The Kier molecular flexibility index (Phi) is 6.53. The van der Waals surface area contributed by atoms with Crippen LogP contribution in [-0.2, 0) is 6.54 Å². The smallest absolute Gasteiger partial charge is 0.251 e. The van der Waals surface area contributed by atoms with E-state index in [1.165, 1.54) is 0 Å². The van der Waals surface area contributed by atoms with Gasteiger partial charge in [-0.1, -0.05) is 65.8 Å². The predicted molar refractivity (Wildman–Crippen MR) is 144 cm³/mol. The maximum absolute atomic E-state index is 12.9. The monoisotopic (exact) mass is 580 g/mol. The van der Waals surface area contributed by atoms with E-state index in [4.69, 9.17) is 16.6 Å². The number of hydrogen-bond donors (Lipinski definition) is 1. The average Bonchev–Trinajstić information content (AvgIpc) is 2.99. The predicted octanol–water partition coefficient (Wildman–Crippen LogP) is 7.51. The van der Waals surface area contributed by atoms with Crippen LogP contribution < -0.4 is 5.32 Å². The number of aliphatic imine (C=N–C) groups is 1. The standard InChI is InChI=1S/C27H18ClIN2OS/c28-20-11-8-18(9-12-20)26-22-6-1-2-7-24(22)33-25-13-10-19(15-23(25)31-26)27(32)30-16-17-4-3-5-21(29)14-17/h1-15H,16H2,(H,30,32). The lowest BCUT2D eigenvalue weighted by Gasteiger charge is -2.09. The van der Waals surface area contributed by atoms with Crippen LogP contribution in [0.3, 0.4) is 0 Å². The maximum atomic E-state index is 12.9. The number of rotatable bonds is 4. The Hall–Kier alpha value is -2.61. The molecule has 0 aliphatic carbocycles. The van der Waals surface area contributed by atoms with Crippen LogP contribution in [-0.4, -0.2) is 11.6 Å². The molecule has 1 amide bonds. The van der Waals surface area contributed by atoms with Gasteiger partial charge in [0.05, 0.1) is 11.4 Å². The molecule has 4 aromatic carbocycles. The molecule has 0 radical (unpaired) electrons. The highest BCUT2D eigenvalue weighted by atomic mass is 127. The molecule has 6 heteroatoms. The molecule has 0 unspecified atom stereocenters. The van der Waals surface area contributed by atoms with Crippen LogP contribution in [0, 0.1) is 3.57 Å². The van der Waals surface area contributed by atoms with Gasteiger partial charge in [0, 0.05) is 41.6 Å². The zero-order valence-electron chi connectivity index (χ0n) is 17.4. The second kappa shape index (κ2) is 9.71. The van der Waals surface area contributed by atoms with Gasteiger partial charge in [0.1, 0.15) is 0 Å². The molecule has 0 spiro atoms. The number of benzene rings is 4. The zero-order valence-corrected chi connectivity index (χ0v) is 21.1. The Morgan fingerprint density at radius 1 is 0.909 bits per heavy atom. The summed E-state index contributed by atoms with van der Waals surface area (Å²) in [5.41, 5.74) is 5.34. The molecular formula is C27H18ClIN2OS. The normalized spacial score (nSPS) is 12.2. The Morgan fingerprint density at radius 2 is 1.73 bits per heavy atom. The molecule has 162 valence electrons. The van der Waals surface area contributed by atoms with Crippen LogP contribution in [0.5, 0.6) is 0 Å². The van der Waals surface area contributed by atoms with Crippen molar-refractivity contribution in [2.45, 2.75) is 16.3 Å². The van der Waals surface area contributed by atoms with E-state index < -0.39 is 0 Å². The van der Waals surface area contributed by atoms with E-state index in [1.807, 2.05) is 72.8 Å². The van der Waals surface area contributed by atoms with E-state index in [-0.39, 0.29) is 5.91 Å². The van der Waals surface area contributed by atoms with Crippen molar-refractivity contribution in [1.82, 2.24) is 5.32 Å². The molecule has 0 bridgehead atoms. The second-order valence-electron chi connectivity index (χ2n) is 7.56. The third-order valence-corrected chi connectivity index (χ3v) is 7.34. The summed E-state index contributed by atoms with van der Waals surface area (Å²) < 4.78 is 1.14. The van der Waals surface area contributed by atoms with Gasteiger partial charge in [0.2, 0.25) is 0 Å². The first-order valence-electron chi connectivity index (χ1n) is 10.4. The molecule has 0 saturated heterocycles. The first kappa shape index (κ1) is 22.2. The fraction of sp³-hybridized carbons (Fsp3) is 0.0370. The Bertz CT molecular complexity index is 1390. The molecule has 0 saturated carbocycles. The summed E-state index contributed by atoms with van der Waals surface area (Å²) in [5.74, 6) is -0.119. The van der Waals surface area contributed by atoms with Crippen molar-refractivity contribution in [2.75, 3.05) is 0 Å². The molecule has 4 aromatic rings. The van der Waals surface area contributed by atoms with Gasteiger partial charge in [-0.05, 0) is 76.7 Å². The van der Waals surface area contributed by atoms with Crippen LogP contribution in [0.4, 0.5) is 5.69 Å². The van der Waals surface area contributed by atoms with Crippen molar-refractivity contribution in [2.24, 2.45) is 4.99 Å². The molecule has 1 N–H and O–H groups in total. The van der Waals surface area contributed by atoms with Crippen molar-refractivity contribution in [3.63, 3.8) is 0 Å². The Morgan fingerprint density at radius 3 is 2.55 bits per heavy atom. The van der Waals surface area contributed by atoms with Crippen LogP contribution in [0.25, 0.3) is 0 Å². The first-order chi connectivity index (χ1) is 16.1. The summed E-state index contributed by atoms with van der Waals surface area (Å²) in [7, 11) is 0. The quantitative estimate of drug-likeness (QED) is 0.224. The SMILES string of the molecule is O=C(NCc1cccc(I)c1)c1ccc2c(c1)N=C(c1ccc(Cl)cc1)c1ccccc1S2. The fourth-order valence-electron chi connectivity index (χ4n) is 3.64.